The van der Waals surface area contributed by atoms with Gasteiger partial charge in [-0.1, -0.05) is 22.0 Å². The highest BCUT2D eigenvalue weighted by Crippen LogP contribution is 2.27. The van der Waals surface area contributed by atoms with Gasteiger partial charge < -0.3 is 20.1 Å². The molecule has 5 heteroatoms. The Morgan fingerprint density at radius 2 is 2.16 bits per heavy atom. The van der Waals surface area contributed by atoms with Crippen LogP contribution in [0.3, 0.4) is 0 Å². The van der Waals surface area contributed by atoms with Crippen LogP contribution in [0.4, 0.5) is 5.69 Å². The number of methoxy groups -OCH3 is 1. The highest BCUT2D eigenvalue weighted by molar-refractivity contribution is 9.10. The van der Waals surface area contributed by atoms with E-state index in [4.69, 9.17) is 4.74 Å². The van der Waals surface area contributed by atoms with Gasteiger partial charge in [0.1, 0.15) is 0 Å². The lowest BCUT2D eigenvalue weighted by molar-refractivity contribution is 0.0695. The van der Waals surface area contributed by atoms with Gasteiger partial charge in [-0.3, -0.25) is 0 Å². The van der Waals surface area contributed by atoms with Crippen molar-refractivity contribution >= 4 is 21.6 Å². The summed E-state index contributed by atoms with van der Waals surface area (Å²) >= 11 is 3.60. The third-order valence-electron chi connectivity index (χ3n) is 3.17. The highest BCUT2D eigenvalue weighted by atomic mass is 79.9. The van der Waals surface area contributed by atoms with Gasteiger partial charge in [0.05, 0.1) is 12.7 Å². The minimum Gasteiger partial charge on any atom is -0.389 e. The van der Waals surface area contributed by atoms with Gasteiger partial charge in [0.2, 0.25) is 0 Å². The third kappa shape index (κ3) is 4.76. The number of halogens is 1. The lowest BCUT2D eigenvalue weighted by atomic mass is 10.1. The van der Waals surface area contributed by atoms with Crippen molar-refractivity contribution in [3.63, 3.8) is 0 Å². The second-order valence-electron chi connectivity index (χ2n) is 4.71. The van der Waals surface area contributed by atoms with Gasteiger partial charge in [-0.2, -0.15) is 0 Å². The van der Waals surface area contributed by atoms with Crippen LogP contribution in [0.25, 0.3) is 0 Å². The average Bonchev–Trinajstić information content (AvgIpc) is 2.37. The van der Waals surface area contributed by atoms with Gasteiger partial charge in [0, 0.05) is 36.9 Å². The molecule has 0 saturated heterocycles. The van der Waals surface area contributed by atoms with Crippen LogP contribution < -0.4 is 10.2 Å². The fraction of sp³-hybridized carbons (Fsp3) is 0.571. The van der Waals surface area contributed by atoms with E-state index in [2.05, 4.69) is 46.4 Å². The molecule has 2 N–H and O–H groups in total. The van der Waals surface area contributed by atoms with E-state index >= 15 is 0 Å². The Hall–Kier alpha value is -0.620. The van der Waals surface area contributed by atoms with Crippen LogP contribution in [0, 0.1) is 0 Å². The summed E-state index contributed by atoms with van der Waals surface area (Å²) < 4.78 is 6.00. The van der Waals surface area contributed by atoms with E-state index in [1.54, 1.807) is 7.11 Å². The van der Waals surface area contributed by atoms with Crippen molar-refractivity contribution in [2.45, 2.75) is 19.1 Å². The Morgan fingerprint density at radius 3 is 2.68 bits per heavy atom. The van der Waals surface area contributed by atoms with Crippen LogP contribution in [-0.2, 0) is 4.74 Å². The van der Waals surface area contributed by atoms with Crippen LogP contribution >= 0.6 is 15.9 Å². The molecular weight excluding hydrogens is 308 g/mol. The smallest absolute Gasteiger partial charge is 0.0947 e. The van der Waals surface area contributed by atoms with Crippen molar-refractivity contribution in [3.8, 4) is 0 Å². The van der Waals surface area contributed by atoms with Crippen LogP contribution in [0.5, 0.6) is 0 Å². The number of likely N-dealkylation sites (N-methyl/N-ethyl adjacent to an activating group) is 1. The number of hydrogen-bond donors (Lipinski definition) is 2. The predicted molar refractivity (Wildman–Crippen MR) is 82.8 cm³/mol. The second-order valence-corrected chi connectivity index (χ2v) is 5.56. The molecule has 4 nitrogen and oxygen atoms in total. The van der Waals surface area contributed by atoms with E-state index in [9.17, 15) is 5.11 Å². The summed E-state index contributed by atoms with van der Waals surface area (Å²) in [5.41, 5.74) is 2.28. The monoisotopic (exact) mass is 330 g/mol. The van der Waals surface area contributed by atoms with Crippen molar-refractivity contribution in [1.29, 1.82) is 0 Å². The van der Waals surface area contributed by atoms with Crippen molar-refractivity contribution in [2.24, 2.45) is 0 Å². The number of ether oxygens (including phenoxy) is 1. The standard InChI is InChI=1S/C14H23BrN2O2/c1-10(16-2)13-6-5-11(7-14(13)15)17(3)8-12(18)9-19-4/h5-7,10,12,16,18H,8-9H2,1-4H3. The van der Waals surface area contributed by atoms with E-state index in [-0.39, 0.29) is 0 Å². The Labute approximate surface area is 123 Å². The number of rotatable bonds is 7. The predicted octanol–water partition coefficient (Wildman–Crippen LogP) is 2.17. The van der Waals surface area contributed by atoms with Gasteiger partial charge in [0.15, 0.2) is 0 Å². The zero-order valence-corrected chi connectivity index (χ0v) is 13.6. The molecule has 0 aliphatic carbocycles. The molecule has 0 aromatic heterocycles. The minimum absolute atomic E-state index is 0.299. The summed E-state index contributed by atoms with van der Waals surface area (Å²) in [6, 6.07) is 6.53. The van der Waals surface area contributed by atoms with Crippen molar-refractivity contribution < 1.29 is 9.84 Å². The molecule has 0 heterocycles. The molecule has 0 aliphatic heterocycles. The van der Waals surface area contributed by atoms with Gasteiger partial charge >= 0.3 is 0 Å². The van der Waals surface area contributed by atoms with Crippen molar-refractivity contribution in [3.05, 3.63) is 28.2 Å². The molecule has 0 fully saturated rings. The number of aliphatic hydroxyl groups excluding tert-OH is 1. The first-order chi connectivity index (χ1) is 8.99. The fourth-order valence-corrected chi connectivity index (χ4v) is 2.64. The molecule has 2 unspecified atom stereocenters. The van der Waals surface area contributed by atoms with E-state index < -0.39 is 6.10 Å². The Balaban J connectivity index is 2.77. The molecule has 0 aliphatic rings. The molecule has 0 radical (unpaired) electrons. The molecule has 0 bridgehead atoms. The molecular formula is C14H23BrN2O2. The van der Waals surface area contributed by atoms with Gasteiger partial charge in [-0.25, -0.2) is 0 Å². The van der Waals surface area contributed by atoms with Crippen LogP contribution in [0.15, 0.2) is 22.7 Å². The summed E-state index contributed by atoms with van der Waals surface area (Å²) in [6.45, 7) is 3.01. The van der Waals surface area contributed by atoms with Crippen LogP contribution in [-0.4, -0.2) is 45.6 Å². The van der Waals surface area contributed by atoms with Crippen LogP contribution in [0.2, 0.25) is 0 Å². The van der Waals surface area contributed by atoms with E-state index in [0.29, 0.717) is 19.2 Å². The van der Waals surface area contributed by atoms with E-state index in [1.807, 2.05) is 19.0 Å². The molecule has 1 aromatic rings. The van der Waals surface area contributed by atoms with E-state index in [0.717, 1.165) is 10.2 Å². The third-order valence-corrected chi connectivity index (χ3v) is 3.85. The molecule has 0 spiro atoms. The SMILES string of the molecule is CNC(C)c1ccc(N(C)CC(O)COC)cc1Br. The topological polar surface area (TPSA) is 44.7 Å². The Morgan fingerprint density at radius 1 is 1.47 bits per heavy atom. The average molecular weight is 331 g/mol. The summed E-state index contributed by atoms with van der Waals surface area (Å²) in [6.07, 6.45) is -0.482. The normalized spacial score (nSPS) is 14.2. The van der Waals surface area contributed by atoms with Crippen LogP contribution in [0.1, 0.15) is 18.5 Å². The number of benzene rings is 1. The highest BCUT2D eigenvalue weighted by Gasteiger charge is 2.12. The first-order valence-electron chi connectivity index (χ1n) is 6.34. The first-order valence-corrected chi connectivity index (χ1v) is 7.13. The number of hydrogen-bond acceptors (Lipinski definition) is 4. The lowest BCUT2D eigenvalue weighted by Crippen LogP contribution is -2.31. The molecule has 1 aromatic carbocycles. The molecule has 2 atom stereocenters. The molecule has 19 heavy (non-hydrogen) atoms. The maximum Gasteiger partial charge on any atom is 0.0947 e. The molecule has 1 rings (SSSR count). The van der Waals surface area contributed by atoms with E-state index in [1.165, 1.54) is 5.56 Å². The number of nitrogens with one attached hydrogen (secondary N) is 1. The van der Waals surface area contributed by atoms with Crippen molar-refractivity contribution in [1.82, 2.24) is 5.32 Å². The largest absolute Gasteiger partial charge is 0.389 e. The van der Waals surface area contributed by atoms with Gasteiger partial charge in [-0.05, 0) is 31.7 Å². The zero-order chi connectivity index (χ0) is 14.4. The second kappa shape index (κ2) is 7.85. The summed E-state index contributed by atoms with van der Waals surface area (Å²) in [5, 5.41) is 13.0. The molecule has 0 amide bonds. The first kappa shape index (κ1) is 16.4. The molecule has 0 saturated carbocycles. The molecule has 108 valence electrons. The quantitative estimate of drug-likeness (QED) is 0.804. The summed E-state index contributed by atoms with van der Waals surface area (Å²) in [4.78, 5) is 2.02. The Bertz CT molecular complexity index is 401. The zero-order valence-electron chi connectivity index (χ0n) is 12.0. The number of anilines is 1. The number of aliphatic hydroxyl groups is 1. The van der Waals surface area contributed by atoms with Crippen molar-refractivity contribution in [2.75, 3.05) is 39.3 Å². The van der Waals surface area contributed by atoms with Gasteiger partial charge in [0.25, 0.3) is 0 Å². The van der Waals surface area contributed by atoms with Gasteiger partial charge in [-0.15, -0.1) is 0 Å². The fourth-order valence-electron chi connectivity index (χ4n) is 1.93. The summed E-state index contributed by atoms with van der Waals surface area (Å²) in [5.74, 6) is 0. The maximum atomic E-state index is 9.74. The summed E-state index contributed by atoms with van der Waals surface area (Å²) in [7, 11) is 5.49. The number of nitrogens with zero attached hydrogens (tertiary/aromatic N) is 1. The minimum atomic E-state index is -0.482. The Kier molecular flexibility index (Phi) is 6.79. The lowest BCUT2D eigenvalue weighted by Gasteiger charge is -2.23. The maximum absolute atomic E-state index is 9.74.